The van der Waals surface area contributed by atoms with Gasteiger partial charge in [-0.3, -0.25) is 0 Å². The summed E-state index contributed by atoms with van der Waals surface area (Å²) in [6, 6.07) is 0. The highest BCUT2D eigenvalue weighted by atomic mass is 14.0. The van der Waals surface area contributed by atoms with Crippen LogP contribution in [0.2, 0.25) is 0 Å². The maximum Gasteiger partial charge on any atom is -0.0305 e. The molecule has 0 saturated carbocycles. The van der Waals surface area contributed by atoms with Gasteiger partial charge in [-0.15, -0.1) is 0 Å². The van der Waals surface area contributed by atoms with Crippen molar-refractivity contribution in [2.24, 2.45) is 0 Å². The van der Waals surface area contributed by atoms with Crippen LogP contribution in [0.15, 0.2) is 48.1 Å². The summed E-state index contributed by atoms with van der Waals surface area (Å²) in [5, 5.41) is 0. The lowest BCUT2D eigenvalue weighted by molar-refractivity contribution is 1.11. The number of hydrogen-bond acceptors (Lipinski definition) is 0. The summed E-state index contributed by atoms with van der Waals surface area (Å²) in [5.41, 5.74) is 2.47. The fraction of sp³-hybridized carbons (Fsp3) is 0.333. The molecule has 0 aromatic rings. The van der Waals surface area contributed by atoms with Gasteiger partial charge in [0.15, 0.2) is 0 Å². The number of allylic oxidation sites excluding steroid dienone is 7. The van der Waals surface area contributed by atoms with Gasteiger partial charge in [0.2, 0.25) is 0 Å². The molecule has 0 nitrogen and oxygen atoms in total. The van der Waals surface area contributed by atoms with Gasteiger partial charge in [0.1, 0.15) is 0 Å². The van der Waals surface area contributed by atoms with Crippen molar-refractivity contribution < 1.29 is 0 Å². The van der Waals surface area contributed by atoms with Gasteiger partial charge < -0.3 is 0 Å². The van der Waals surface area contributed by atoms with Crippen molar-refractivity contribution in [2.45, 2.75) is 27.2 Å². The van der Waals surface area contributed by atoms with Crippen LogP contribution in [0, 0.1) is 0 Å². The van der Waals surface area contributed by atoms with Crippen molar-refractivity contribution in [1.29, 1.82) is 0 Å². The van der Waals surface area contributed by atoms with Crippen molar-refractivity contribution in [1.82, 2.24) is 0 Å². The standard InChI is InChI=1S/C12H18/c1-5-7-8-9-10-12(6-2)11(3)4/h5,7-10H,3,6H2,1-2,4H3. The Bertz CT molecular complexity index is 214. The van der Waals surface area contributed by atoms with Crippen LogP contribution in [-0.2, 0) is 0 Å². The van der Waals surface area contributed by atoms with Crippen LogP contribution in [-0.4, -0.2) is 0 Å². The molecule has 0 N–H and O–H groups in total. The van der Waals surface area contributed by atoms with E-state index in [0.29, 0.717) is 0 Å². The molecule has 0 rings (SSSR count). The number of rotatable bonds is 4. The van der Waals surface area contributed by atoms with Crippen LogP contribution in [0.1, 0.15) is 27.2 Å². The molecule has 0 fully saturated rings. The Morgan fingerprint density at radius 2 is 1.92 bits per heavy atom. The van der Waals surface area contributed by atoms with E-state index in [1.54, 1.807) is 0 Å². The lowest BCUT2D eigenvalue weighted by Gasteiger charge is -1.99. The second kappa shape index (κ2) is 6.66. The van der Waals surface area contributed by atoms with Crippen LogP contribution >= 0.6 is 0 Å². The van der Waals surface area contributed by atoms with E-state index in [1.807, 2.05) is 38.2 Å². The van der Waals surface area contributed by atoms with Crippen molar-refractivity contribution >= 4 is 0 Å². The first kappa shape index (κ1) is 11.0. The van der Waals surface area contributed by atoms with Crippen molar-refractivity contribution in [3.05, 3.63) is 48.1 Å². The fourth-order valence-corrected chi connectivity index (χ4v) is 0.909. The first-order valence-corrected chi connectivity index (χ1v) is 4.36. The minimum Gasteiger partial charge on any atom is -0.0958 e. The quantitative estimate of drug-likeness (QED) is 0.547. The Kier molecular flexibility index (Phi) is 6.08. The molecule has 0 bridgehead atoms. The van der Waals surface area contributed by atoms with E-state index in [-0.39, 0.29) is 0 Å². The molecular weight excluding hydrogens is 144 g/mol. The van der Waals surface area contributed by atoms with Crippen LogP contribution in [0.4, 0.5) is 0 Å². The summed E-state index contributed by atoms with van der Waals surface area (Å²) >= 11 is 0. The summed E-state index contributed by atoms with van der Waals surface area (Å²) in [6.07, 6.45) is 11.3. The van der Waals surface area contributed by atoms with Gasteiger partial charge in [-0.25, -0.2) is 0 Å². The van der Waals surface area contributed by atoms with Crippen LogP contribution in [0.25, 0.3) is 0 Å². The normalized spacial score (nSPS) is 13.1. The first-order valence-electron chi connectivity index (χ1n) is 4.36. The van der Waals surface area contributed by atoms with Crippen molar-refractivity contribution in [2.75, 3.05) is 0 Å². The average molecular weight is 162 g/mol. The third-order valence-electron chi connectivity index (χ3n) is 1.64. The smallest absolute Gasteiger partial charge is 0.0305 e. The molecule has 0 radical (unpaired) electrons. The van der Waals surface area contributed by atoms with Gasteiger partial charge in [-0.2, -0.15) is 0 Å². The number of hydrogen-bond donors (Lipinski definition) is 0. The van der Waals surface area contributed by atoms with Gasteiger partial charge in [-0.05, 0) is 25.8 Å². The maximum absolute atomic E-state index is 3.90. The lowest BCUT2D eigenvalue weighted by Crippen LogP contribution is -1.79. The second-order valence-electron chi connectivity index (χ2n) is 2.74. The summed E-state index contributed by atoms with van der Waals surface area (Å²) < 4.78 is 0. The van der Waals surface area contributed by atoms with Crippen LogP contribution < -0.4 is 0 Å². The molecule has 0 heterocycles. The Hall–Kier alpha value is -1.04. The van der Waals surface area contributed by atoms with Crippen molar-refractivity contribution in [3.8, 4) is 0 Å². The Morgan fingerprint density at radius 1 is 1.25 bits per heavy atom. The zero-order valence-corrected chi connectivity index (χ0v) is 8.30. The molecule has 0 aliphatic heterocycles. The lowest BCUT2D eigenvalue weighted by atomic mass is 10.1. The van der Waals surface area contributed by atoms with Crippen molar-refractivity contribution in [3.63, 3.8) is 0 Å². The van der Waals surface area contributed by atoms with Gasteiger partial charge in [0, 0.05) is 0 Å². The predicted molar refractivity (Wildman–Crippen MR) is 57.1 cm³/mol. The molecule has 12 heavy (non-hydrogen) atoms. The third-order valence-corrected chi connectivity index (χ3v) is 1.64. The summed E-state index contributed by atoms with van der Waals surface area (Å²) in [7, 11) is 0. The Labute approximate surface area is 76.0 Å². The molecule has 0 aliphatic carbocycles. The molecule has 0 aliphatic rings. The topological polar surface area (TPSA) is 0 Å². The Morgan fingerprint density at radius 3 is 2.33 bits per heavy atom. The first-order chi connectivity index (χ1) is 5.72. The van der Waals surface area contributed by atoms with Gasteiger partial charge >= 0.3 is 0 Å². The highest BCUT2D eigenvalue weighted by molar-refractivity contribution is 5.30. The molecular formula is C12H18. The highest BCUT2D eigenvalue weighted by Gasteiger charge is 1.90. The van der Waals surface area contributed by atoms with E-state index < -0.39 is 0 Å². The SMILES string of the molecule is C=C(C)C(=CC=CC=CC)CC. The van der Waals surface area contributed by atoms with Crippen LogP contribution in [0.3, 0.4) is 0 Å². The van der Waals surface area contributed by atoms with E-state index in [0.717, 1.165) is 12.0 Å². The molecule has 0 heteroatoms. The summed E-state index contributed by atoms with van der Waals surface area (Å²) in [5.74, 6) is 0. The molecule has 0 atom stereocenters. The largest absolute Gasteiger partial charge is 0.0958 e. The molecule has 0 unspecified atom stereocenters. The van der Waals surface area contributed by atoms with E-state index >= 15 is 0 Å². The average Bonchev–Trinajstić information content (AvgIpc) is 2.04. The van der Waals surface area contributed by atoms with E-state index in [1.165, 1.54) is 5.57 Å². The summed E-state index contributed by atoms with van der Waals surface area (Å²) in [4.78, 5) is 0. The van der Waals surface area contributed by atoms with E-state index in [2.05, 4.69) is 19.6 Å². The molecule has 0 aromatic carbocycles. The zero-order valence-electron chi connectivity index (χ0n) is 8.30. The van der Waals surface area contributed by atoms with Crippen LogP contribution in [0.5, 0.6) is 0 Å². The fourth-order valence-electron chi connectivity index (χ4n) is 0.909. The predicted octanol–water partition coefficient (Wildman–Crippen LogP) is 4.03. The monoisotopic (exact) mass is 162 g/mol. The zero-order chi connectivity index (χ0) is 9.40. The molecule has 0 spiro atoms. The Balaban J connectivity index is 4.21. The second-order valence-corrected chi connectivity index (χ2v) is 2.74. The maximum atomic E-state index is 3.90. The molecule has 0 saturated heterocycles. The minimum absolute atomic E-state index is 1.05. The molecule has 0 amide bonds. The van der Waals surface area contributed by atoms with Gasteiger partial charge in [0.25, 0.3) is 0 Å². The molecule has 0 aromatic heterocycles. The van der Waals surface area contributed by atoms with Gasteiger partial charge in [-0.1, -0.05) is 49.5 Å². The highest BCUT2D eigenvalue weighted by Crippen LogP contribution is 2.10. The van der Waals surface area contributed by atoms with E-state index in [4.69, 9.17) is 0 Å². The minimum atomic E-state index is 1.05. The third kappa shape index (κ3) is 4.73. The summed E-state index contributed by atoms with van der Waals surface area (Å²) in [6.45, 7) is 10.1. The van der Waals surface area contributed by atoms with Gasteiger partial charge in [0.05, 0.1) is 0 Å². The van der Waals surface area contributed by atoms with E-state index in [9.17, 15) is 0 Å². The molecule has 66 valence electrons.